The summed E-state index contributed by atoms with van der Waals surface area (Å²) < 4.78 is 0. The molecule has 1 heterocycles. The number of hydrogen-bond acceptors (Lipinski definition) is 4. The molecule has 1 aromatic carbocycles. The van der Waals surface area contributed by atoms with Gasteiger partial charge in [-0.15, -0.1) is 0 Å². The van der Waals surface area contributed by atoms with Crippen molar-refractivity contribution in [3.63, 3.8) is 0 Å². The van der Waals surface area contributed by atoms with E-state index in [9.17, 15) is 4.79 Å². The molecule has 0 aliphatic carbocycles. The number of nitrogen functional groups attached to an aromatic ring is 2. The fourth-order valence-corrected chi connectivity index (χ4v) is 1.63. The molecule has 18 heavy (non-hydrogen) atoms. The van der Waals surface area contributed by atoms with Crippen LogP contribution >= 0.6 is 11.6 Å². The summed E-state index contributed by atoms with van der Waals surface area (Å²) in [4.78, 5) is 15.9. The number of aromatic nitrogens is 1. The van der Waals surface area contributed by atoms with E-state index in [0.29, 0.717) is 27.8 Å². The first-order valence-corrected chi connectivity index (χ1v) is 5.51. The molecule has 0 fully saturated rings. The number of halogens is 1. The fraction of sp³-hybridized carbons (Fsp3) is 0. The number of amides is 1. The second-order valence-corrected chi connectivity index (χ2v) is 4.14. The van der Waals surface area contributed by atoms with Crippen LogP contribution in [-0.2, 0) is 0 Å². The van der Waals surface area contributed by atoms with Gasteiger partial charge in [0.25, 0.3) is 5.91 Å². The molecule has 0 aliphatic rings. The Kier molecular flexibility index (Phi) is 3.34. The lowest BCUT2D eigenvalue weighted by atomic mass is 10.1. The molecule has 0 atom stereocenters. The van der Waals surface area contributed by atoms with Crippen molar-refractivity contribution in [3.05, 3.63) is 47.1 Å². The predicted octanol–water partition coefficient (Wildman–Crippen LogP) is 2.15. The third-order valence-corrected chi connectivity index (χ3v) is 2.44. The highest BCUT2D eigenvalue weighted by atomic mass is 35.5. The van der Waals surface area contributed by atoms with E-state index < -0.39 is 0 Å². The maximum Gasteiger partial charge on any atom is 0.256 e. The van der Waals surface area contributed by atoms with Crippen molar-refractivity contribution in [2.24, 2.45) is 0 Å². The van der Waals surface area contributed by atoms with Crippen LogP contribution in [0.1, 0.15) is 10.4 Å². The van der Waals surface area contributed by atoms with E-state index in [2.05, 4.69) is 10.3 Å². The van der Waals surface area contributed by atoms with Gasteiger partial charge in [0.1, 0.15) is 5.82 Å². The minimum absolute atomic E-state index is 0.344. The molecule has 0 unspecified atom stereocenters. The Labute approximate surface area is 109 Å². The number of nitrogens with one attached hydrogen (secondary N) is 1. The van der Waals surface area contributed by atoms with Crippen LogP contribution in [0.5, 0.6) is 0 Å². The van der Waals surface area contributed by atoms with Gasteiger partial charge in [0.05, 0.1) is 0 Å². The van der Waals surface area contributed by atoms with Gasteiger partial charge in [0.15, 0.2) is 0 Å². The van der Waals surface area contributed by atoms with Crippen LogP contribution in [0.3, 0.4) is 0 Å². The summed E-state index contributed by atoms with van der Waals surface area (Å²) in [6, 6.07) is 7.83. The molecular weight excluding hydrogens is 252 g/mol. The van der Waals surface area contributed by atoms with Crippen molar-refractivity contribution >= 4 is 34.7 Å². The Hall–Kier alpha value is -2.27. The van der Waals surface area contributed by atoms with Crippen LogP contribution in [-0.4, -0.2) is 10.9 Å². The van der Waals surface area contributed by atoms with Gasteiger partial charge in [-0.2, -0.15) is 0 Å². The van der Waals surface area contributed by atoms with Gasteiger partial charge in [-0.1, -0.05) is 11.6 Å². The molecule has 1 aromatic heterocycles. The zero-order chi connectivity index (χ0) is 13.1. The summed E-state index contributed by atoms with van der Waals surface area (Å²) in [5.41, 5.74) is 12.5. The van der Waals surface area contributed by atoms with Crippen LogP contribution < -0.4 is 16.8 Å². The molecule has 0 radical (unpaired) electrons. The van der Waals surface area contributed by atoms with Crippen molar-refractivity contribution < 1.29 is 4.79 Å². The molecule has 0 saturated carbocycles. The van der Waals surface area contributed by atoms with Crippen molar-refractivity contribution in [3.8, 4) is 0 Å². The molecule has 5 nitrogen and oxygen atoms in total. The zero-order valence-corrected chi connectivity index (χ0v) is 10.1. The zero-order valence-electron chi connectivity index (χ0n) is 9.35. The first-order valence-electron chi connectivity index (χ1n) is 5.13. The third kappa shape index (κ3) is 2.89. The number of nitrogens with zero attached hydrogens (tertiary/aromatic N) is 1. The van der Waals surface area contributed by atoms with Crippen molar-refractivity contribution in [1.29, 1.82) is 0 Å². The topological polar surface area (TPSA) is 94.0 Å². The summed E-state index contributed by atoms with van der Waals surface area (Å²) in [7, 11) is 0. The lowest BCUT2D eigenvalue weighted by molar-refractivity contribution is 0.102. The van der Waals surface area contributed by atoms with Gasteiger partial charge < -0.3 is 16.8 Å². The number of pyridine rings is 1. The molecular formula is C12H11ClN4O. The van der Waals surface area contributed by atoms with E-state index in [1.165, 1.54) is 18.3 Å². The van der Waals surface area contributed by atoms with Crippen LogP contribution in [0.4, 0.5) is 17.2 Å². The lowest BCUT2D eigenvalue weighted by Crippen LogP contribution is -2.13. The van der Waals surface area contributed by atoms with Gasteiger partial charge in [0, 0.05) is 28.2 Å². The number of benzene rings is 1. The monoisotopic (exact) mass is 262 g/mol. The first-order chi connectivity index (χ1) is 8.54. The SMILES string of the molecule is Nc1cc(N)cc(C(=O)Nc2cc(Cl)ccn2)c1. The molecule has 6 heteroatoms. The summed E-state index contributed by atoms with van der Waals surface area (Å²) in [6.45, 7) is 0. The second kappa shape index (κ2) is 4.93. The number of carbonyl (C=O) groups excluding carboxylic acids is 1. The average molecular weight is 263 g/mol. The van der Waals surface area contributed by atoms with Gasteiger partial charge in [0.2, 0.25) is 0 Å². The van der Waals surface area contributed by atoms with Gasteiger partial charge in [-0.25, -0.2) is 4.98 Å². The van der Waals surface area contributed by atoms with Crippen molar-refractivity contribution in [2.75, 3.05) is 16.8 Å². The van der Waals surface area contributed by atoms with Gasteiger partial charge in [-0.3, -0.25) is 4.79 Å². The Morgan fingerprint density at radius 1 is 1.17 bits per heavy atom. The van der Waals surface area contributed by atoms with Crippen molar-refractivity contribution in [1.82, 2.24) is 4.98 Å². The van der Waals surface area contributed by atoms with Crippen LogP contribution in [0.15, 0.2) is 36.5 Å². The maximum atomic E-state index is 11.9. The van der Waals surface area contributed by atoms with E-state index in [1.807, 2.05) is 0 Å². The Morgan fingerprint density at radius 2 is 1.83 bits per heavy atom. The molecule has 2 aromatic rings. The predicted molar refractivity (Wildman–Crippen MR) is 72.5 cm³/mol. The minimum atomic E-state index is -0.344. The molecule has 5 N–H and O–H groups in total. The smallest absolute Gasteiger partial charge is 0.256 e. The van der Waals surface area contributed by atoms with Crippen LogP contribution in [0, 0.1) is 0 Å². The van der Waals surface area contributed by atoms with Crippen LogP contribution in [0.2, 0.25) is 5.02 Å². The number of nitrogens with two attached hydrogens (primary N) is 2. The Morgan fingerprint density at radius 3 is 2.44 bits per heavy atom. The fourth-order valence-electron chi connectivity index (χ4n) is 1.47. The van der Waals surface area contributed by atoms with Crippen molar-refractivity contribution in [2.45, 2.75) is 0 Å². The molecule has 2 rings (SSSR count). The Bertz CT molecular complexity index is 580. The summed E-state index contributed by atoms with van der Waals surface area (Å²) in [6.07, 6.45) is 1.51. The highest BCUT2D eigenvalue weighted by Gasteiger charge is 2.08. The largest absolute Gasteiger partial charge is 0.399 e. The molecule has 92 valence electrons. The molecule has 0 bridgehead atoms. The number of anilines is 3. The van der Waals surface area contributed by atoms with E-state index in [0.717, 1.165) is 0 Å². The lowest BCUT2D eigenvalue weighted by Gasteiger charge is -2.06. The first kappa shape index (κ1) is 12.2. The van der Waals surface area contributed by atoms with Gasteiger partial charge >= 0.3 is 0 Å². The van der Waals surface area contributed by atoms with E-state index in [-0.39, 0.29) is 5.91 Å². The maximum absolute atomic E-state index is 11.9. The van der Waals surface area contributed by atoms with Gasteiger partial charge in [-0.05, 0) is 30.3 Å². The average Bonchev–Trinajstić information content (AvgIpc) is 2.27. The second-order valence-electron chi connectivity index (χ2n) is 3.70. The quantitative estimate of drug-likeness (QED) is 0.723. The highest BCUT2D eigenvalue weighted by Crippen LogP contribution is 2.16. The third-order valence-electron chi connectivity index (χ3n) is 2.20. The molecule has 0 spiro atoms. The summed E-state index contributed by atoms with van der Waals surface area (Å²) in [5.74, 6) is 0.0252. The van der Waals surface area contributed by atoms with Crippen LogP contribution in [0.25, 0.3) is 0 Å². The molecule has 0 saturated heterocycles. The molecule has 1 amide bonds. The van der Waals surface area contributed by atoms with E-state index in [1.54, 1.807) is 18.2 Å². The molecule has 0 aliphatic heterocycles. The number of carbonyl (C=O) groups is 1. The van der Waals surface area contributed by atoms with E-state index >= 15 is 0 Å². The summed E-state index contributed by atoms with van der Waals surface area (Å²) >= 11 is 5.79. The standard InChI is InChI=1S/C12H11ClN4O/c13-8-1-2-16-11(5-8)17-12(18)7-3-9(14)6-10(15)4-7/h1-6H,14-15H2,(H,16,17,18). The summed E-state index contributed by atoms with van der Waals surface area (Å²) in [5, 5.41) is 3.10. The highest BCUT2D eigenvalue weighted by molar-refractivity contribution is 6.30. The number of hydrogen-bond donors (Lipinski definition) is 3. The minimum Gasteiger partial charge on any atom is -0.399 e. The Balaban J connectivity index is 2.22. The number of rotatable bonds is 2. The van der Waals surface area contributed by atoms with E-state index in [4.69, 9.17) is 23.1 Å². The normalized spacial score (nSPS) is 10.1.